The lowest BCUT2D eigenvalue weighted by Gasteiger charge is -2.13. The molecule has 7 heteroatoms. The van der Waals surface area contributed by atoms with E-state index < -0.39 is 11.2 Å². The molecule has 0 saturated carbocycles. The normalized spacial score (nSPS) is 12.1. The first-order valence-electron chi connectivity index (χ1n) is 8.29. The summed E-state index contributed by atoms with van der Waals surface area (Å²) in [4.78, 5) is 40.8. The van der Waals surface area contributed by atoms with E-state index in [0.29, 0.717) is 6.54 Å². The second-order valence-corrected chi connectivity index (χ2v) is 6.32. The third-order valence-electron chi connectivity index (χ3n) is 4.49. The fraction of sp³-hybridized carbons (Fsp3) is 0.263. The number of fused-ring (bicyclic) bond motifs is 1. The minimum Gasteiger partial charge on any atom is -0.351 e. The highest BCUT2D eigenvalue weighted by atomic mass is 16.2. The quantitative estimate of drug-likeness (QED) is 0.764. The lowest BCUT2D eigenvalue weighted by Crippen LogP contribution is -2.37. The second-order valence-electron chi connectivity index (χ2n) is 6.32. The monoisotopic (exact) mass is 352 g/mol. The summed E-state index contributed by atoms with van der Waals surface area (Å²) in [5.41, 5.74) is 0.751. The van der Waals surface area contributed by atoms with E-state index in [-0.39, 0.29) is 28.4 Å². The van der Waals surface area contributed by atoms with Gasteiger partial charge in [-0.15, -0.1) is 0 Å². The number of carbonyl (C=O) groups excluding carboxylic acids is 1. The Hall–Kier alpha value is -3.22. The number of nitrogens with zero attached hydrogens (tertiary/aromatic N) is 3. The van der Waals surface area contributed by atoms with Crippen LogP contribution in [0.15, 0.2) is 52.2 Å². The van der Waals surface area contributed by atoms with Crippen LogP contribution in [0.5, 0.6) is 0 Å². The number of carbonyl (C=O) groups is 1. The van der Waals surface area contributed by atoms with Crippen molar-refractivity contribution in [1.29, 1.82) is 0 Å². The fourth-order valence-corrected chi connectivity index (χ4v) is 2.84. The Bertz CT molecular complexity index is 1080. The zero-order valence-corrected chi connectivity index (χ0v) is 14.9. The van der Waals surface area contributed by atoms with Gasteiger partial charge in [0, 0.05) is 26.8 Å². The van der Waals surface area contributed by atoms with E-state index in [0.717, 1.165) is 10.1 Å². The van der Waals surface area contributed by atoms with Gasteiger partial charge in [0.15, 0.2) is 0 Å². The number of pyridine rings is 1. The maximum atomic E-state index is 12.4. The Balaban J connectivity index is 1.85. The van der Waals surface area contributed by atoms with Crippen molar-refractivity contribution in [1.82, 2.24) is 19.4 Å². The molecule has 0 spiro atoms. The molecule has 2 heterocycles. The number of aromatic nitrogens is 3. The van der Waals surface area contributed by atoms with Crippen LogP contribution in [0, 0.1) is 0 Å². The van der Waals surface area contributed by atoms with Crippen molar-refractivity contribution in [3.63, 3.8) is 0 Å². The maximum absolute atomic E-state index is 12.4. The van der Waals surface area contributed by atoms with Gasteiger partial charge in [-0.05, 0) is 17.5 Å². The molecule has 1 amide bonds. The molecule has 0 unspecified atom stereocenters. The van der Waals surface area contributed by atoms with Crippen LogP contribution in [0.2, 0.25) is 0 Å². The highest BCUT2D eigenvalue weighted by Crippen LogP contribution is 2.13. The average Bonchev–Trinajstić information content (AvgIpc) is 2.68. The molecular formula is C19H20N4O3. The lowest BCUT2D eigenvalue weighted by molar-refractivity contribution is 0.0951. The van der Waals surface area contributed by atoms with Gasteiger partial charge in [-0.3, -0.25) is 18.7 Å². The molecule has 0 fully saturated rings. The van der Waals surface area contributed by atoms with Crippen LogP contribution in [0.1, 0.15) is 28.8 Å². The molecule has 0 radical (unpaired) electrons. The van der Waals surface area contributed by atoms with E-state index >= 15 is 0 Å². The van der Waals surface area contributed by atoms with E-state index in [4.69, 9.17) is 0 Å². The molecule has 134 valence electrons. The van der Waals surface area contributed by atoms with Gasteiger partial charge in [0.1, 0.15) is 5.65 Å². The molecule has 0 aliphatic rings. The minimum atomic E-state index is -0.470. The molecule has 0 aliphatic carbocycles. The van der Waals surface area contributed by atoms with Crippen molar-refractivity contribution in [3.8, 4) is 0 Å². The third-order valence-corrected chi connectivity index (χ3v) is 4.49. The number of benzene rings is 1. The van der Waals surface area contributed by atoms with Crippen LogP contribution in [0.25, 0.3) is 11.0 Å². The molecule has 0 saturated heterocycles. The maximum Gasteiger partial charge on any atom is 0.332 e. The molecule has 26 heavy (non-hydrogen) atoms. The zero-order chi connectivity index (χ0) is 18.8. The summed E-state index contributed by atoms with van der Waals surface area (Å²) < 4.78 is 2.29. The first-order chi connectivity index (χ1) is 12.4. The Labute approximate surface area is 149 Å². The number of rotatable bonds is 4. The molecule has 3 rings (SSSR count). The van der Waals surface area contributed by atoms with E-state index in [1.165, 1.54) is 23.9 Å². The Morgan fingerprint density at radius 1 is 1.15 bits per heavy atom. The molecule has 1 atom stereocenters. The van der Waals surface area contributed by atoms with Gasteiger partial charge in [0.2, 0.25) is 0 Å². The number of aryl methyl sites for hydroxylation is 1. The molecular weight excluding hydrogens is 332 g/mol. The Kier molecular flexibility index (Phi) is 4.71. The predicted molar refractivity (Wildman–Crippen MR) is 99.4 cm³/mol. The van der Waals surface area contributed by atoms with Gasteiger partial charge in [0.05, 0.1) is 10.9 Å². The summed E-state index contributed by atoms with van der Waals surface area (Å²) in [5, 5.41) is 3.10. The van der Waals surface area contributed by atoms with Crippen molar-refractivity contribution in [2.24, 2.45) is 14.1 Å². The van der Waals surface area contributed by atoms with Crippen LogP contribution in [-0.4, -0.2) is 26.6 Å². The predicted octanol–water partition coefficient (Wildman–Crippen LogP) is 1.17. The van der Waals surface area contributed by atoms with Crippen molar-refractivity contribution >= 4 is 16.9 Å². The molecule has 0 bridgehead atoms. The second kappa shape index (κ2) is 6.95. The SMILES string of the molecule is C[C@@H](CNC(=O)c1cnc2c(c1)c(=O)n(C)c(=O)n2C)c1ccccc1. The van der Waals surface area contributed by atoms with Crippen LogP contribution in [0.4, 0.5) is 0 Å². The summed E-state index contributed by atoms with van der Waals surface area (Å²) in [6.07, 6.45) is 1.38. The van der Waals surface area contributed by atoms with Crippen LogP contribution in [0.3, 0.4) is 0 Å². The third kappa shape index (κ3) is 3.15. The van der Waals surface area contributed by atoms with Crippen molar-refractivity contribution in [2.45, 2.75) is 12.8 Å². The molecule has 2 aromatic heterocycles. The molecule has 1 N–H and O–H groups in total. The Morgan fingerprint density at radius 3 is 2.54 bits per heavy atom. The van der Waals surface area contributed by atoms with Crippen LogP contribution < -0.4 is 16.6 Å². The molecule has 7 nitrogen and oxygen atoms in total. The first-order valence-corrected chi connectivity index (χ1v) is 8.29. The fourth-order valence-electron chi connectivity index (χ4n) is 2.84. The van der Waals surface area contributed by atoms with Crippen LogP contribution >= 0.6 is 0 Å². The zero-order valence-electron chi connectivity index (χ0n) is 14.9. The molecule has 3 aromatic rings. The summed E-state index contributed by atoms with van der Waals surface area (Å²) >= 11 is 0. The molecule has 1 aromatic carbocycles. The largest absolute Gasteiger partial charge is 0.351 e. The smallest absolute Gasteiger partial charge is 0.332 e. The summed E-state index contributed by atoms with van der Waals surface area (Å²) in [5.74, 6) is -0.152. The highest BCUT2D eigenvalue weighted by Gasteiger charge is 2.14. The van der Waals surface area contributed by atoms with E-state index in [1.807, 2.05) is 37.3 Å². The standard InChI is InChI=1S/C19H20N4O3/c1-12(13-7-5-4-6-8-13)10-21-17(24)14-9-15-16(20-11-14)22(2)19(26)23(3)18(15)25/h4-9,11-12H,10H2,1-3H3,(H,21,24)/t12-/m0/s1. The summed E-state index contributed by atoms with van der Waals surface area (Å²) in [6.45, 7) is 2.49. The van der Waals surface area contributed by atoms with Crippen molar-refractivity contribution in [2.75, 3.05) is 6.54 Å². The minimum absolute atomic E-state index is 0.155. The summed E-state index contributed by atoms with van der Waals surface area (Å²) in [7, 11) is 2.94. The lowest BCUT2D eigenvalue weighted by atomic mass is 10.0. The van der Waals surface area contributed by atoms with E-state index in [2.05, 4.69) is 10.3 Å². The van der Waals surface area contributed by atoms with Gasteiger partial charge in [-0.1, -0.05) is 37.3 Å². The number of amides is 1. The van der Waals surface area contributed by atoms with Crippen molar-refractivity contribution in [3.05, 3.63) is 74.6 Å². The van der Waals surface area contributed by atoms with E-state index in [9.17, 15) is 14.4 Å². The number of hydrogen-bond donors (Lipinski definition) is 1. The number of hydrogen-bond acceptors (Lipinski definition) is 4. The highest BCUT2D eigenvalue weighted by molar-refractivity contribution is 5.96. The van der Waals surface area contributed by atoms with E-state index in [1.54, 1.807) is 7.05 Å². The summed E-state index contributed by atoms with van der Waals surface area (Å²) in [6, 6.07) is 11.4. The first kappa shape index (κ1) is 17.6. The van der Waals surface area contributed by atoms with Gasteiger partial charge in [-0.2, -0.15) is 0 Å². The Morgan fingerprint density at radius 2 is 1.85 bits per heavy atom. The number of nitrogens with one attached hydrogen (secondary N) is 1. The van der Waals surface area contributed by atoms with Crippen molar-refractivity contribution < 1.29 is 4.79 Å². The van der Waals surface area contributed by atoms with Crippen LogP contribution in [-0.2, 0) is 14.1 Å². The van der Waals surface area contributed by atoms with Gasteiger partial charge < -0.3 is 5.32 Å². The van der Waals surface area contributed by atoms with Gasteiger partial charge in [0.25, 0.3) is 11.5 Å². The van der Waals surface area contributed by atoms with Gasteiger partial charge >= 0.3 is 5.69 Å². The van der Waals surface area contributed by atoms with Gasteiger partial charge in [-0.25, -0.2) is 9.78 Å². The average molecular weight is 352 g/mol. The topological polar surface area (TPSA) is 86.0 Å². The molecule has 0 aliphatic heterocycles.